The Labute approximate surface area is 206 Å². The van der Waals surface area contributed by atoms with Crippen LogP contribution in [0.15, 0.2) is 30.5 Å². The summed E-state index contributed by atoms with van der Waals surface area (Å²) in [6.07, 6.45) is 6.43. The maximum atomic E-state index is 12.8. The number of allylic oxidation sites excluding steroid dienone is 2. The Balaban J connectivity index is 1.73. The third-order valence-corrected chi connectivity index (χ3v) is 9.98. The largest absolute Gasteiger partial charge is 0.385 e. The Hall–Kier alpha value is -2.96. The molecule has 2 unspecified atom stereocenters. The van der Waals surface area contributed by atoms with E-state index in [4.69, 9.17) is 5.26 Å². The second-order valence-corrected chi connectivity index (χ2v) is 13.5. The lowest BCUT2D eigenvalue weighted by Crippen LogP contribution is -2.45. The number of carbonyl (C=O) groups excluding carboxylic acids is 1. The lowest BCUT2D eigenvalue weighted by Gasteiger charge is -2.39. The summed E-state index contributed by atoms with van der Waals surface area (Å²) >= 11 is 0. The van der Waals surface area contributed by atoms with Crippen molar-refractivity contribution in [3.63, 3.8) is 0 Å². The molecule has 1 amide bonds. The zero-order chi connectivity index (χ0) is 25.6. The van der Waals surface area contributed by atoms with Crippen LogP contribution in [0.3, 0.4) is 0 Å². The van der Waals surface area contributed by atoms with Gasteiger partial charge in [-0.1, -0.05) is 26.0 Å². The van der Waals surface area contributed by atoms with Crippen LogP contribution in [0, 0.1) is 16.7 Å². The number of nitriles is 1. The molecule has 1 aliphatic heterocycles. The van der Waals surface area contributed by atoms with Crippen molar-refractivity contribution in [1.29, 1.82) is 5.26 Å². The fraction of sp³-hybridized carbons (Fsp3) is 0.500. The van der Waals surface area contributed by atoms with Gasteiger partial charge in [0.2, 0.25) is 0 Å². The van der Waals surface area contributed by atoms with Gasteiger partial charge in [-0.25, -0.2) is 13.4 Å². The summed E-state index contributed by atoms with van der Waals surface area (Å²) in [5.74, 6) is -0.434. The number of anilines is 1. The van der Waals surface area contributed by atoms with E-state index in [-0.39, 0.29) is 29.8 Å². The third kappa shape index (κ3) is 4.91. The lowest BCUT2D eigenvalue weighted by atomic mass is 9.76. The van der Waals surface area contributed by atoms with Gasteiger partial charge in [0, 0.05) is 11.3 Å². The van der Waals surface area contributed by atoms with Gasteiger partial charge in [-0.2, -0.15) is 5.26 Å². The molecule has 35 heavy (non-hydrogen) atoms. The van der Waals surface area contributed by atoms with Gasteiger partial charge in [0.05, 0.1) is 22.3 Å². The molecule has 1 saturated heterocycles. The molecule has 2 atom stereocenters. The highest BCUT2D eigenvalue weighted by atomic mass is 32.2. The van der Waals surface area contributed by atoms with Crippen LogP contribution in [-0.4, -0.2) is 39.9 Å². The van der Waals surface area contributed by atoms with E-state index < -0.39 is 31.8 Å². The topological polar surface area (TPSA) is 136 Å². The fourth-order valence-corrected chi connectivity index (χ4v) is 6.91. The number of carbonyl (C=O) groups is 1. The summed E-state index contributed by atoms with van der Waals surface area (Å²) in [5, 5.41) is 22.2. The Morgan fingerprint density at radius 2 is 1.94 bits per heavy atom. The summed E-state index contributed by atoms with van der Waals surface area (Å²) in [7, 11) is -3.28. The van der Waals surface area contributed by atoms with Crippen molar-refractivity contribution < 1.29 is 18.3 Å². The zero-order valence-corrected chi connectivity index (χ0v) is 21.4. The number of aromatic nitrogens is 2. The molecule has 1 aromatic carbocycles. The van der Waals surface area contributed by atoms with E-state index in [0.29, 0.717) is 11.3 Å². The summed E-state index contributed by atoms with van der Waals surface area (Å²) in [5.41, 5.74) is 2.21. The minimum atomic E-state index is -3.28. The monoisotopic (exact) mass is 496 g/mol. The Bertz CT molecular complexity index is 1320. The second-order valence-electron chi connectivity index (χ2n) is 10.7. The predicted octanol–water partition coefficient (Wildman–Crippen LogP) is 4.30. The SMILES string of the molecule is CC1CC(O)(c2ccc(NC(=O)c3ncc(C#N)[nH]3)c(C3=CCC(C)(C)CC3)c2)CC(C)S1(=O)=O. The molecule has 2 heterocycles. The van der Waals surface area contributed by atoms with Crippen molar-refractivity contribution in [2.45, 2.75) is 75.9 Å². The number of nitrogens with one attached hydrogen (secondary N) is 2. The van der Waals surface area contributed by atoms with Crippen LogP contribution >= 0.6 is 0 Å². The minimum Gasteiger partial charge on any atom is -0.385 e. The van der Waals surface area contributed by atoms with Gasteiger partial charge in [0.25, 0.3) is 5.91 Å². The molecule has 1 aliphatic carbocycles. The molecule has 2 aliphatic rings. The van der Waals surface area contributed by atoms with E-state index in [1.807, 2.05) is 12.1 Å². The number of aliphatic hydroxyl groups is 1. The first-order valence-electron chi connectivity index (χ1n) is 11.9. The van der Waals surface area contributed by atoms with E-state index in [1.54, 1.807) is 26.0 Å². The number of sulfone groups is 1. The average Bonchev–Trinajstić information content (AvgIpc) is 3.28. The summed E-state index contributed by atoms with van der Waals surface area (Å²) < 4.78 is 25.1. The van der Waals surface area contributed by atoms with Crippen molar-refractivity contribution in [3.05, 3.63) is 53.1 Å². The highest BCUT2D eigenvalue weighted by Gasteiger charge is 2.46. The Morgan fingerprint density at radius 1 is 1.26 bits per heavy atom. The van der Waals surface area contributed by atoms with E-state index in [1.165, 1.54) is 6.20 Å². The van der Waals surface area contributed by atoms with Crippen LogP contribution in [0.2, 0.25) is 0 Å². The number of nitrogens with zero attached hydrogens (tertiary/aromatic N) is 2. The number of rotatable bonds is 4. The van der Waals surface area contributed by atoms with Crippen LogP contribution in [0.25, 0.3) is 5.57 Å². The normalized spacial score (nSPS) is 27.5. The maximum absolute atomic E-state index is 12.8. The first-order chi connectivity index (χ1) is 16.3. The van der Waals surface area contributed by atoms with E-state index in [9.17, 15) is 18.3 Å². The molecule has 1 fully saturated rings. The van der Waals surface area contributed by atoms with Crippen LogP contribution in [0.4, 0.5) is 5.69 Å². The molecule has 2 aromatic rings. The van der Waals surface area contributed by atoms with Crippen LogP contribution in [-0.2, 0) is 15.4 Å². The van der Waals surface area contributed by atoms with Gasteiger partial charge in [-0.15, -0.1) is 0 Å². The number of amides is 1. The Morgan fingerprint density at radius 3 is 2.51 bits per heavy atom. The van der Waals surface area contributed by atoms with E-state index >= 15 is 0 Å². The molecule has 0 spiro atoms. The third-order valence-electron chi connectivity index (χ3n) is 7.41. The average molecular weight is 497 g/mol. The van der Waals surface area contributed by atoms with E-state index in [2.05, 4.69) is 35.2 Å². The molecular formula is C26H32N4O4S. The summed E-state index contributed by atoms with van der Waals surface area (Å²) in [6, 6.07) is 7.32. The molecule has 1 aromatic heterocycles. The smallest absolute Gasteiger partial charge is 0.291 e. The van der Waals surface area contributed by atoms with Crippen molar-refractivity contribution in [1.82, 2.24) is 9.97 Å². The molecule has 3 N–H and O–H groups in total. The number of imidazole rings is 1. The number of aromatic amines is 1. The summed E-state index contributed by atoms with van der Waals surface area (Å²) in [4.78, 5) is 19.5. The van der Waals surface area contributed by atoms with Gasteiger partial charge in [0.1, 0.15) is 11.8 Å². The quantitative estimate of drug-likeness (QED) is 0.577. The van der Waals surface area contributed by atoms with Crippen molar-refractivity contribution in [2.24, 2.45) is 5.41 Å². The molecule has 0 saturated carbocycles. The summed E-state index contributed by atoms with van der Waals surface area (Å²) in [6.45, 7) is 7.74. The van der Waals surface area contributed by atoms with Gasteiger partial charge >= 0.3 is 0 Å². The van der Waals surface area contributed by atoms with Gasteiger partial charge in [0.15, 0.2) is 15.7 Å². The highest BCUT2D eigenvalue weighted by Crippen LogP contribution is 2.44. The molecule has 9 heteroatoms. The number of H-pyrrole nitrogens is 1. The second kappa shape index (κ2) is 8.92. The number of hydrogen-bond acceptors (Lipinski definition) is 6. The molecule has 0 radical (unpaired) electrons. The molecule has 8 nitrogen and oxygen atoms in total. The van der Waals surface area contributed by atoms with Crippen molar-refractivity contribution in [2.75, 3.05) is 5.32 Å². The first kappa shape index (κ1) is 25.1. The first-order valence-corrected chi connectivity index (χ1v) is 13.5. The van der Waals surface area contributed by atoms with Crippen molar-refractivity contribution >= 4 is 27.0 Å². The van der Waals surface area contributed by atoms with Crippen LogP contribution in [0.5, 0.6) is 0 Å². The van der Waals surface area contributed by atoms with Crippen LogP contribution < -0.4 is 5.32 Å². The molecular weight excluding hydrogens is 464 g/mol. The van der Waals surface area contributed by atoms with Crippen LogP contribution in [0.1, 0.15) is 87.2 Å². The van der Waals surface area contributed by atoms with Gasteiger partial charge < -0.3 is 15.4 Å². The minimum absolute atomic E-state index is 0.0362. The van der Waals surface area contributed by atoms with Gasteiger partial charge in [-0.3, -0.25) is 4.79 Å². The predicted molar refractivity (Wildman–Crippen MR) is 134 cm³/mol. The standard InChI is InChI=1S/C26H32N4O4S/c1-16-12-26(32,13-17(2)35(16,33)34)19-5-6-22(30-24(31)23-28-15-20(14-27)29-23)21(11-19)18-7-9-25(3,4)10-8-18/h5-7,11,15-17,32H,8-10,12-13H2,1-4H3,(H,28,29)(H,30,31). The van der Waals surface area contributed by atoms with Gasteiger partial charge in [-0.05, 0) is 74.6 Å². The van der Waals surface area contributed by atoms with Crippen molar-refractivity contribution in [3.8, 4) is 6.07 Å². The molecule has 0 bridgehead atoms. The number of benzene rings is 1. The van der Waals surface area contributed by atoms with E-state index in [0.717, 1.165) is 30.4 Å². The zero-order valence-electron chi connectivity index (χ0n) is 20.6. The Kier molecular flexibility index (Phi) is 6.41. The number of hydrogen-bond donors (Lipinski definition) is 3. The fourth-order valence-electron chi connectivity index (χ4n) is 5.10. The highest BCUT2D eigenvalue weighted by molar-refractivity contribution is 7.92. The molecule has 186 valence electrons. The lowest BCUT2D eigenvalue weighted by molar-refractivity contribution is 0.0131. The molecule has 4 rings (SSSR count). The maximum Gasteiger partial charge on any atom is 0.291 e.